The van der Waals surface area contributed by atoms with Gasteiger partial charge in [0.05, 0.1) is 4.92 Å². The molecule has 1 heterocycles. The summed E-state index contributed by atoms with van der Waals surface area (Å²) >= 11 is 2.94. The first-order valence-corrected chi connectivity index (χ1v) is 5.97. The van der Waals surface area contributed by atoms with Crippen LogP contribution >= 0.6 is 23.1 Å². The molecule has 7 heteroatoms. The van der Waals surface area contributed by atoms with E-state index in [-0.39, 0.29) is 11.4 Å². The zero-order valence-corrected chi connectivity index (χ0v) is 9.62. The summed E-state index contributed by atoms with van der Waals surface area (Å²) in [6.07, 6.45) is 1.71. The molecule has 0 atom stereocenters. The third-order valence-corrected chi connectivity index (χ3v) is 3.68. The number of nitrogens with zero attached hydrogens (tertiary/aromatic N) is 2. The molecule has 82 valence electrons. The van der Waals surface area contributed by atoms with Gasteiger partial charge in [-0.05, 0) is 12.1 Å². The summed E-state index contributed by atoms with van der Waals surface area (Å²) in [6, 6.07) is 4.66. The third-order valence-electron chi connectivity index (χ3n) is 1.81. The molecule has 0 saturated carbocycles. The van der Waals surface area contributed by atoms with Crippen molar-refractivity contribution in [1.82, 2.24) is 4.98 Å². The number of thiazole rings is 1. The van der Waals surface area contributed by atoms with E-state index in [1.807, 2.05) is 5.38 Å². The minimum Gasteiger partial charge on any atom is -0.393 e. The van der Waals surface area contributed by atoms with E-state index in [1.54, 1.807) is 18.3 Å². The molecule has 0 unspecified atom stereocenters. The quantitative estimate of drug-likeness (QED) is 0.516. The highest BCUT2D eigenvalue weighted by Crippen LogP contribution is 2.33. The van der Waals surface area contributed by atoms with Crippen LogP contribution in [0.5, 0.6) is 0 Å². The van der Waals surface area contributed by atoms with Gasteiger partial charge < -0.3 is 5.73 Å². The van der Waals surface area contributed by atoms with E-state index < -0.39 is 4.92 Å². The maximum Gasteiger partial charge on any atom is 0.292 e. The second kappa shape index (κ2) is 4.50. The zero-order valence-electron chi connectivity index (χ0n) is 7.99. The smallest absolute Gasteiger partial charge is 0.292 e. The number of nitrogen functional groups attached to an aromatic ring is 1. The zero-order chi connectivity index (χ0) is 11.5. The number of aromatic nitrogens is 1. The first kappa shape index (κ1) is 10.9. The highest BCUT2D eigenvalue weighted by molar-refractivity contribution is 8.01. The highest BCUT2D eigenvalue weighted by atomic mass is 32.2. The Morgan fingerprint density at radius 3 is 2.88 bits per heavy atom. The molecule has 0 aliphatic heterocycles. The van der Waals surface area contributed by atoms with Crippen molar-refractivity contribution in [2.45, 2.75) is 9.24 Å². The van der Waals surface area contributed by atoms with Gasteiger partial charge >= 0.3 is 0 Å². The number of hydrogen-bond donors (Lipinski definition) is 1. The average molecular weight is 253 g/mol. The average Bonchev–Trinajstić information content (AvgIpc) is 2.70. The predicted octanol–water partition coefficient (Wildman–Crippen LogP) is 2.78. The van der Waals surface area contributed by atoms with Gasteiger partial charge in [-0.3, -0.25) is 10.1 Å². The molecule has 0 aliphatic carbocycles. The van der Waals surface area contributed by atoms with Gasteiger partial charge in [-0.25, -0.2) is 4.98 Å². The SMILES string of the molecule is Nc1cc(Sc2nccs2)ccc1[N+](=O)[O-]. The van der Waals surface area contributed by atoms with Crippen LogP contribution in [0.25, 0.3) is 0 Å². The Bertz CT molecular complexity index is 513. The van der Waals surface area contributed by atoms with Crippen LogP contribution in [-0.4, -0.2) is 9.91 Å². The Labute approximate surface area is 99.5 Å². The van der Waals surface area contributed by atoms with Crippen LogP contribution in [0.1, 0.15) is 0 Å². The second-order valence-electron chi connectivity index (χ2n) is 2.88. The van der Waals surface area contributed by atoms with E-state index >= 15 is 0 Å². The molecule has 0 bridgehead atoms. The van der Waals surface area contributed by atoms with Gasteiger partial charge in [0, 0.05) is 22.5 Å². The van der Waals surface area contributed by atoms with Crippen LogP contribution in [0, 0.1) is 10.1 Å². The fourth-order valence-electron chi connectivity index (χ4n) is 1.12. The second-order valence-corrected chi connectivity index (χ2v) is 5.09. The monoisotopic (exact) mass is 253 g/mol. The number of nitro groups is 1. The van der Waals surface area contributed by atoms with E-state index in [2.05, 4.69) is 4.98 Å². The molecule has 1 aromatic heterocycles. The lowest BCUT2D eigenvalue weighted by atomic mass is 10.3. The summed E-state index contributed by atoms with van der Waals surface area (Å²) < 4.78 is 0.883. The lowest BCUT2D eigenvalue weighted by Gasteiger charge is -2.00. The minimum absolute atomic E-state index is 0.0662. The van der Waals surface area contributed by atoms with Gasteiger partial charge in [0.1, 0.15) is 5.69 Å². The molecule has 16 heavy (non-hydrogen) atoms. The Morgan fingerprint density at radius 1 is 1.50 bits per heavy atom. The van der Waals surface area contributed by atoms with Gasteiger partial charge in [-0.1, -0.05) is 11.8 Å². The number of nitro benzene ring substituents is 1. The van der Waals surface area contributed by atoms with E-state index in [1.165, 1.54) is 29.2 Å². The van der Waals surface area contributed by atoms with E-state index in [4.69, 9.17) is 5.73 Å². The summed E-state index contributed by atoms with van der Waals surface area (Å²) in [4.78, 5) is 15.0. The van der Waals surface area contributed by atoms with Crippen molar-refractivity contribution < 1.29 is 4.92 Å². The van der Waals surface area contributed by atoms with Crippen LogP contribution in [0.3, 0.4) is 0 Å². The lowest BCUT2D eigenvalue weighted by molar-refractivity contribution is -0.383. The van der Waals surface area contributed by atoms with Crippen molar-refractivity contribution in [2.24, 2.45) is 0 Å². The van der Waals surface area contributed by atoms with Gasteiger partial charge in [0.2, 0.25) is 0 Å². The Balaban J connectivity index is 2.24. The number of nitrogens with two attached hydrogens (primary N) is 1. The predicted molar refractivity (Wildman–Crippen MR) is 63.7 cm³/mol. The van der Waals surface area contributed by atoms with Gasteiger partial charge in [-0.15, -0.1) is 11.3 Å². The molecule has 2 N–H and O–H groups in total. The lowest BCUT2D eigenvalue weighted by Crippen LogP contribution is -1.95. The van der Waals surface area contributed by atoms with Crippen molar-refractivity contribution in [3.05, 3.63) is 39.9 Å². The minimum atomic E-state index is -0.493. The van der Waals surface area contributed by atoms with Gasteiger partial charge in [-0.2, -0.15) is 0 Å². The largest absolute Gasteiger partial charge is 0.393 e. The van der Waals surface area contributed by atoms with Crippen LogP contribution in [0.4, 0.5) is 11.4 Å². The molecule has 0 amide bonds. The number of hydrogen-bond acceptors (Lipinski definition) is 6. The fraction of sp³-hybridized carbons (Fsp3) is 0. The molecular formula is C9H7N3O2S2. The van der Waals surface area contributed by atoms with Gasteiger partial charge in [0.25, 0.3) is 5.69 Å². The molecule has 0 aliphatic rings. The standard InChI is InChI=1S/C9H7N3O2S2/c10-7-5-6(1-2-8(7)12(13)14)16-9-11-3-4-15-9/h1-5H,10H2. The van der Waals surface area contributed by atoms with Crippen molar-refractivity contribution in [1.29, 1.82) is 0 Å². The number of rotatable bonds is 3. The normalized spacial score (nSPS) is 10.2. The first-order valence-electron chi connectivity index (χ1n) is 4.28. The molecular weight excluding hydrogens is 246 g/mol. The molecule has 0 fully saturated rings. The summed E-state index contributed by atoms with van der Waals surface area (Å²) in [5.74, 6) is 0. The molecule has 5 nitrogen and oxygen atoms in total. The molecule has 0 spiro atoms. The number of benzene rings is 1. The number of anilines is 1. The summed E-state index contributed by atoms with van der Waals surface area (Å²) in [6.45, 7) is 0. The van der Waals surface area contributed by atoms with Gasteiger partial charge in [0.15, 0.2) is 4.34 Å². The summed E-state index contributed by atoms with van der Waals surface area (Å²) in [5.41, 5.74) is 5.69. The van der Waals surface area contributed by atoms with Crippen LogP contribution in [0.2, 0.25) is 0 Å². The fourth-order valence-corrected chi connectivity index (χ4v) is 2.77. The highest BCUT2D eigenvalue weighted by Gasteiger charge is 2.11. The van der Waals surface area contributed by atoms with Crippen molar-refractivity contribution >= 4 is 34.5 Å². The summed E-state index contributed by atoms with van der Waals surface area (Å²) in [7, 11) is 0. The Morgan fingerprint density at radius 2 is 2.31 bits per heavy atom. The molecule has 1 aromatic carbocycles. The van der Waals surface area contributed by atoms with E-state index in [0.717, 1.165) is 9.24 Å². The third kappa shape index (κ3) is 2.31. The van der Waals surface area contributed by atoms with Crippen molar-refractivity contribution in [3.8, 4) is 0 Å². The van der Waals surface area contributed by atoms with Crippen molar-refractivity contribution in [3.63, 3.8) is 0 Å². The topological polar surface area (TPSA) is 82.0 Å². The maximum absolute atomic E-state index is 10.6. The van der Waals surface area contributed by atoms with Crippen LogP contribution < -0.4 is 5.73 Å². The van der Waals surface area contributed by atoms with Crippen LogP contribution in [-0.2, 0) is 0 Å². The Hall–Kier alpha value is -1.60. The van der Waals surface area contributed by atoms with Crippen molar-refractivity contribution in [2.75, 3.05) is 5.73 Å². The Kier molecular flexibility index (Phi) is 3.07. The van der Waals surface area contributed by atoms with Crippen LogP contribution in [0.15, 0.2) is 39.0 Å². The molecule has 0 saturated heterocycles. The van der Waals surface area contributed by atoms with E-state index in [0.29, 0.717) is 0 Å². The molecule has 2 aromatic rings. The van der Waals surface area contributed by atoms with E-state index in [9.17, 15) is 10.1 Å². The summed E-state index contributed by atoms with van der Waals surface area (Å²) in [5, 5.41) is 12.4. The first-order chi connectivity index (χ1) is 7.66. The molecule has 2 rings (SSSR count). The maximum atomic E-state index is 10.6. The molecule has 0 radical (unpaired) electrons.